The smallest absolute Gasteiger partial charge is 0.251 e. The number of halogens is 1. The summed E-state index contributed by atoms with van der Waals surface area (Å²) in [5, 5.41) is 12.7. The summed E-state index contributed by atoms with van der Waals surface area (Å²) in [4.78, 5) is 11.9. The van der Waals surface area contributed by atoms with Crippen LogP contribution >= 0.6 is 0 Å². The van der Waals surface area contributed by atoms with Gasteiger partial charge in [-0.3, -0.25) is 4.79 Å². The Labute approximate surface area is 112 Å². The van der Waals surface area contributed by atoms with Crippen molar-refractivity contribution in [2.24, 2.45) is 0 Å². The predicted octanol–water partition coefficient (Wildman–Crippen LogP) is 2.12. The van der Waals surface area contributed by atoms with E-state index >= 15 is 0 Å². The zero-order valence-electron chi connectivity index (χ0n) is 11.5. The molecule has 0 atom stereocenters. The van der Waals surface area contributed by atoms with E-state index in [0.29, 0.717) is 18.4 Å². The van der Waals surface area contributed by atoms with Crippen LogP contribution in [0.5, 0.6) is 5.75 Å². The fourth-order valence-electron chi connectivity index (χ4n) is 1.65. The maximum Gasteiger partial charge on any atom is 0.251 e. The maximum absolute atomic E-state index is 13.2. The minimum absolute atomic E-state index is 0.0221. The minimum atomic E-state index is -0.903. The van der Waals surface area contributed by atoms with Crippen molar-refractivity contribution < 1.29 is 19.0 Å². The number of rotatable bonds is 6. The van der Waals surface area contributed by atoms with E-state index < -0.39 is 11.4 Å². The van der Waals surface area contributed by atoms with Gasteiger partial charge >= 0.3 is 0 Å². The highest BCUT2D eigenvalue weighted by Crippen LogP contribution is 2.18. The highest BCUT2D eigenvalue weighted by atomic mass is 19.1. The minimum Gasteiger partial charge on any atom is -0.494 e. The van der Waals surface area contributed by atoms with E-state index in [1.165, 1.54) is 25.3 Å². The van der Waals surface area contributed by atoms with Gasteiger partial charge in [0.1, 0.15) is 0 Å². The number of nitrogens with one attached hydrogen (secondary N) is 1. The number of ether oxygens (including phenoxy) is 1. The number of carbonyl (C=O) groups is 1. The van der Waals surface area contributed by atoms with Crippen LogP contribution in [0, 0.1) is 5.82 Å². The third-order valence-corrected chi connectivity index (χ3v) is 3.31. The van der Waals surface area contributed by atoms with Gasteiger partial charge < -0.3 is 15.2 Å². The molecule has 19 heavy (non-hydrogen) atoms. The van der Waals surface area contributed by atoms with Gasteiger partial charge in [0.2, 0.25) is 0 Å². The molecule has 0 bridgehead atoms. The molecule has 1 rings (SSSR count). The van der Waals surface area contributed by atoms with Crippen molar-refractivity contribution in [3.8, 4) is 5.75 Å². The van der Waals surface area contributed by atoms with Crippen LogP contribution in [-0.4, -0.2) is 30.3 Å². The molecule has 0 heterocycles. The molecule has 0 spiro atoms. The largest absolute Gasteiger partial charge is 0.494 e. The summed E-state index contributed by atoms with van der Waals surface area (Å²) < 4.78 is 18.0. The predicted molar refractivity (Wildman–Crippen MR) is 70.8 cm³/mol. The van der Waals surface area contributed by atoms with Gasteiger partial charge in [0.15, 0.2) is 11.6 Å². The SMILES string of the molecule is CCC(O)(CC)CNC(=O)c1ccc(F)c(OC)c1. The lowest BCUT2D eigenvalue weighted by molar-refractivity contribution is 0.0314. The second-order valence-corrected chi connectivity index (χ2v) is 4.46. The summed E-state index contributed by atoms with van der Waals surface area (Å²) in [6.07, 6.45) is 1.10. The third-order valence-electron chi connectivity index (χ3n) is 3.31. The molecule has 106 valence electrons. The molecule has 2 N–H and O–H groups in total. The lowest BCUT2D eigenvalue weighted by Crippen LogP contribution is -2.42. The zero-order chi connectivity index (χ0) is 14.5. The average Bonchev–Trinajstić information content (AvgIpc) is 2.44. The van der Waals surface area contributed by atoms with Crippen molar-refractivity contribution in [1.82, 2.24) is 5.32 Å². The Morgan fingerprint density at radius 3 is 2.58 bits per heavy atom. The van der Waals surface area contributed by atoms with E-state index in [0.717, 1.165) is 0 Å². The summed E-state index contributed by atoms with van der Waals surface area (Å²) in [5.41, 5.74) is -0.604. The maximum atomic E-state index is 13.2. The summed E-state index contributed by atoms with van der Waals surface area (Å²) in [5.74, 6) is -0.856. The van der Waals surface area contributed by atoms with Gasteiger partial charge in [-0.1, -0.05) is 13.8 Å². The second-order valence-electron chi connectivity index (χ2n) is 4.46. The highest BCUT2D eigenvalue weighted by molar-refractivity contribution is 5.94. The molecule has 0 aliphatic heterocycles. The summed E-state index contributed by atoms with van der Waals surface area (Å²) in [6, 6.07) is 3.89. The average molecular weight is 269 g/mol. The Morgan fingerprint density at radius 2 is 2.05 bits per heavy atom. The third kappa shape index (κ3) is 3.92. The van der Waals surface area contributed by atoms with Crippen LogP contribution in [0.15, 0.2) is 18.2 Å². The van der Waals surface area contributed by atoms with Crippen molar-refractivity contribution in [2.45, 2.75) is 32.3 Å². The van der Waals surface area contributed by atoms with Crippen LogP contribution in [0.4, 0.5) is 4.39 Å². The van der Waals surface area contributed by atoms with Crippen LogP contribution in [0.1, 0.15) is 37.0 Å². The van der Waals surface area contributed by atoms with Crippen LogP contribution in [0.3, 0.4) is 0 Å². The molecule has 0 aliphatic carbocycles. The lowest BCUT2D eigenvalue weighted by Gasteiger charge is -2.25. The van der Waals surface area contributed by atoms with Gasteiger partial charge in [0.25, 0.3) is 5.91 Å². The molecule has 0 fully saturated rings. The Hall–Kier alpha value is -1.62. The molecule has 5 heteroatoms. The van der Waals surface area contributed by atoms with Crippen molar-refractivity contribution in [1.29, 1.82) is 0 Å². The van der Waals surface area contributed by atoms with Crippen molar-refractivity contribution in [3.63, 3.8) is 0 Å². The highest BCUT2D eigenvalue weighted by Gasteiger charge is 2.23. The lowest BCUT2D eigenvalue weighted by atomic mass is 9.97. The first-order valence-corrected chi connectivity index (χ1v) is 6.30. The van der Waals surface area contributed by atoms with Crippen molar-refractivity contribution in [3.05, 3.63) is 29.6 Å². The molecule has 0 unspecified atom stereocenters. The van der Waals surface area contributed by atoms with Gasteiger partial charge in [0, 0.05) is 12.1 Å². The number of hydrogen-bond donors (Lipinski definition) is 2. The van der Waals surface area contributed by atoms with E-state index in [1.807, 2.05) is 13.8 Å². The van der Waals surface area contributed by atoms with Gasteiger partial charge in [-0.25, -0.2) is 4.39 Å². The second kappa shape index (κ2) is 6.52. The number of carbonyl (C=O) groups excluding carboxylic acids is 1. The molecular formula is C14H20FNO3. The van der Waals surface area contributed by atoms with Gasteiger partial charge in [0.05, 0.1) is 12.7 Å². The Bertz CT molecular complexity index is 444. The molecule has 0 radical (unpaired) electrons. The first kappa shape index (κ1) is 15.4. The van der Waals surface area contributed by atoms with Gasteiger partial charge in [-0.15, -0.1) is 0 Å². The van der Waals surface area contributed by atoms with Crippen LogP contribution in [-0.2, 0) is 0 Å². The fourth-order valence-corrected chi connectivity index (χ4v) is 1.65. The van der Waals surface area contributed by atoms with E-state index in [9.17, 15) is 14.3 Å². The normalized spacial score (nSPS) is 11.2. The van der Waals surface area contributed by atoms with E-state index in [2.05, 4.69) is 5.32 Å². The number of aliphatic hydroxyl groups is 1. The standard InChI is InChI=1S/C14H20FNO3/c1-4-14(18,5-2)9-16-13(17)10-6-7-11(15)12(8-10)19-3/h6-8,18H,4-5,9H2,1-3H3,(H,16,17). The Morgan fingerprint density at radius 1 is 1.42 bits per heavy atom. The van der Waals surface area contributed by atoms with Crippen molar-refractivity contribution >= 4 is 5.91 Å². The number of benzene rings is 1. The summed E-state index contributed by atoms with van der Waals surface area (Å²) in [7, 11) is 1.34. The molecular weight excluding hydrogens is 249 g/mol. The molecule has 0 aliphatic rings. The van der Waals surface area contributed by atoms with Crippen LogP contribution < -0.4 is 10.1 Å². The van der Waals surface area contributed by atoms with E-state index in [1.54, 1.807) is 0 Å². The van der Waals surface area contributed by atoms with E-state index in [4.69, 9.17) is 4.74 Å². The van der Waals surface area contributed by atoms with E-state index in [-0.39, 0.29) is 18.2 Å². The topological polar surface area (TPSA) is 58.6 Å². The van der Waals surface area contributed by atoms with Gasteiger partial charge in [-0.05, 0) is 31.0 Å². The summed E-state index contributed by atoms with van der Waals surface area (Å²) >= 11 is 0. The molecule has 0 saturated carbocycles. The first-order chi connectivity index (χ1) is 8.95. The Kier molecular flexibility index (Phi) is 5.30. The van der Waals surface area contributed by atoms with Gasteiger partial charge in [-0.2, -0.15) is 0 Å². The molecule has 4 nitrogen and oxygen atoms in total. The number of hydrogen-bond acceptors (Lipinski definition) is 3. The molecule has 0 aromatic heterocycles. The quantitative estimate of drug-likeness (QED) is 0.831. The van der Waals surface area contributed by atoms with Crippen molar-refractivity contribution in [2.75, 3.05) is 13.7 Å². The summed E-state index contributed by atoms with van der Waals surface area (Å²) in [6.45, 7) is 3.88. The zero-order valence-corrected chi connectivity index (χ0v) is 11.5. The molecule has 1 aromatic rings. The van der Waals surface area contributed by atoms with Crippen LogP contribution in [0.25, 0.3) is 0 Å². The molecule has 1 amide bonds. The number of amides is 1. The molecule has 1 aromatic carbocycles. The monoisotopic (exact) mass is 269 g/mol. The van der Waals surface area contributed by atoms with Crippen LogP contribution in [0.2, 0.25) is 0 Å². The first-order valence-electron chi connectivity index (χ1n) is 6.30. The number of methoxy groups -OCH3 is 1. The fraction of sp³-hybridized carbons (Fsp3) is 0.500. The Balaban J connectivity index is 2.74. The molecule has 0 saturated heterocycles.